The van der Waals surface area contributed by atoms with Crippen molar-refractivity contribution in [1.82, 2.24) is 9.97 Å². The van der Waals surface area contributed by atoms with Crippen LogP contribution in [0.3, 0.4) is 0 Å². The van der Waals surface area contributed by atoms with Crippen molar-refractivity contribution in [3.63, 3.8) is 0 Å². The van der Waals surface area contributed by atoms with E-state index in [1.165, 1.54) is 6.07 Å². The van der Waals surface area contributed by atoms with E-state index in [0.717, 1.165) is 49.7 Å². The Kier molecular flexibility index (Phi) is 5.41. The van der Waals surface area contributed by atoms with Crippen molar-refractivity contribution in [2.75, 3.05) is 48.4 Å². The number of aromatic nitrogens is 2. The lowest BCUT2D eigenvalue weighted by molar-refractivity contribution is 0.415. The lowest BCUT2D eigenvalue weighted by Crippen LogP contribution is -2.47. The maximum Gasteiger partial charge on any atom is 0.227 e. The van der Waals surface area contributed by atoms with Gasteiger partial charge in [0.1, 0.15) is 11.6 Å². The first-order valence-corrected chi connectivity index (χ1v) is 9.31. The quantitative estimate of drug-likeness (QED) is 0.706. The van der Waals surface area contributed by atoms with E-state index < -0.39 is 11.6 Å². The lowest BCUT2D eigenvalue weighted by atomic mass is 10.2. The fourth-order valence-corrected chi connectivity index (χ4v) is 3.25. The van der Waals surface area contributed by atoms with Gasteiger partial charge in [-0.1, -0.05) is 0 Å². The molecule has 2 heterocycles. The number of methoxy groups -OCH3 is 1. The molecular formula is C21H21F2N5O. The zero-order chi connectivity index (χ0) is 20.2. The summed E-state index contributed by atoms with van der Waals surface area (Å²) in [5, 5.41) is 2.99. The van der Waals surface area contributed by atoms with Crippen LogP contribution in [-0.4, -0.2) is 43.3 Å². The second kappa shape index (κ2) is 8.30. The molecule has 6 nitrogen and oxygen atoms in total. The highest BCUT2D eigenvalue weighted by atomic mass is 19.2. The second-order valence-corrected chi connectivity index (χ2v) is 6.67. The number of anilines is 4. The van der Waals surface area contributed by atoms with E-state index in [4.69, 9.17) is 4.74 Å². The Balaban J connectivity index is 1.40. The molecule has 1 N–H and O–H groups in total. The van der Waals surface area contributed by atoms with Crippen LogP contribution in [0.2, 0.25) is 0 Å². The van der Waals surface area contributed by atoms with E-state index in [-0.39, 0.29) is 0 Å². The normalized spacial score (nSPS) is 14.0. The summed E-state index contributed by atoms with van der Waals surface area (Å²) in [6, 6.07) is 13.4. The molecule has 2 aromatic carbocycles. The third kappa shape index (κ3) is 4.37. The zero-order valence-electron chi connectivity index (χ0n) is 16.0. The highest BCUT2D eigenvalue weighted by Gasteiger charge is 2.19. The zero-order valence-corrected chi connectivity index (χ0v) is 16.0. The molecule has 1 saturated heterocycles. The monoisotopic (exact) mass is 397 g/mol. The number of piperazine rings is 1. The number of ether oxygens (including phenoxy) is 1. The Labute approximate surface area is 167 Å². The third-order valence-electron chi connectivity index (χ3n) is 4.83. The van der Waals surface area contributed by atoms with Gasteiger partial charge in [0.15, 0.2) is 11.6 Å². The van der Waals surface area contributed by atoms with Crippen molar-refractivity contribution in [3.8, 4) is 5.75 Å². The minimum atomic E-state index is -0.904. The summed E-state index contributed by atoms with van der Waals surface area (Å²) in [5.41, 5.74) is 1.58. The molecule has 0 saturated carbocycles. The SMILES string of the molecule is COc1ccc(N2CCN(c3nccc(Nc4ccc(F)c(F)c4)n3)CC2)cc1. The number of halogens is 2. The van der Waals surface area contributed by atoms with E-state index in [9.17, 15) is 8.78 Å². The van der Waals surface area contributed by atoms with E-state index in [1.807, 2.05) is 12.1 Å². The molecule has 1 aliphatic heterocycles. The molecule has 29 heavy (non-hydrogen) atoms. The molecule has 0 bridgehead atoms. The second-order valence-electron chi connectivity index (χ2n) is 6.67. The smallest absolute Gasteiger partial charge is 0.227 e. The average Bonchev–Trinajstić information content (AvgIpc) is 2.77. The molecule has 0 spiro atoms. The lowest BCUT2D eigenvalue weighted by Gasteiger charge is -2.36. The van der Waals surface area contributed by atoms with Gasteiger partial charge >= 0.3 is 0 Å². The Bertz CT molecular complexity index is 975. The van der Waals surface area contributed by atoms with Crippen LogP contribution in [0.1, 0.15) is 0 Å². The van der Waals surface area contributed by atoms with E-state index in [2.05, 4.69) is 37.2 Å². The average molecular weight is 397 g/mol. The van der Waals surface area contributed by atoms with Gasteiger partial charge < -0.3 is 19.9 Å². The van der Waals surface area contributed by atoms with Gasteiger partial charge in [0.05, 0.1) is 7.11 Å². The van der Waals surface area contributed by atoms with Crippen molar-refractivity contribution in [1.29, 1.82) is 0 Å². The highest BCUT2D eigenvalue weighted by molar-refractivity contribution is 5.57. The van der Waals surface area contributed by atoms with Crippen molar-refractivity contribution in [2.24, 2.45) is 0 Å². The van der Waals surface area contributed by atoms with Crippen LogP contribution in [0.25, 0.3) is 0 Å². The Hall–Kier alpha value is -3.42. The number of benzene rings is 2. The maximum absolute atomic E-state index is 13.4. The van der Waals surface area contributed by atoms with Crippen LogP contribution in [0.4, 0.5) is 31.9 Å². The fraction of sp³-hybridized carbons (Fsp3) is 0.238. The molecule has 150 valence electrons. The number of hydrogen-bond acceptors (Lipinski definition) is 6. The van der Waals surface area contributed by atoms with Crippen LogP contribution in [0, 0.1) is 11.6 Å². The fourth-order valence-electron chi connectivity index (χ4n) is 3.25. The predicted octanol–water partition coefficient (Wildman–Crippen LogP) is 3.83. The van der Waals surface area contributed by atoms with Crippen LogP contribution in [0.5, 0.6) is 5.75 Å². The van der Waals surface area contributed by atoms with Crippen molar-refractivity contribution < 1.29 is 13.5 Å². The van der Waals surface area contributed by atoms with Gasteiger partial charge in [-0.2, -0.15) is 4.98 Å². The van der Waals surface area contributed by atoms with Gasteiger partial charge in [-0.05, 0) is 42.5 Å². The molecule has 4 rings (SSSR count). The molecule has 0 aliphatic carbocycles. The van der Waals surface area contributed by atoms with Gasteiger partial charge in [0.25, 0.3) is 0 Å². The van der Waals surface area contributed by atoms with E-state index >= 15 is 0 Å². The molecule has 1 aromatic heterocycles. The first-order chi connectivity index (χ1) is 14.1. The summed E-state index contributed by atoms with van der Waals surface area (Å²) in [6.07, 6.45) is 1.65. The minimum Gasteiger partial charge on any atom is -0.497 e. The van der Waals surface area contributed by atoms with E-state index in [0.29, 0.717) is 17.5 Å². The summed E-state index contributed by atoms with van der Waals surface area (Å²) in [7, 11) is 1.66. The summed E-state index contributed by atoms with van der Waals surface area (Å²) >= 11 is 0. The first kappa shape index (κ1) is 18.9. The molecule has 0 amide bonds. The van der Waals surface area contributed by atoms with E-state index in [1.54, 1.807) is 19.4 Å². The standard InChI is InChI=1S/C21H21F2N5O/c1-29-17-5-3-16(4-6-17)27-10-12-28(13-11-27)21-24-9-8-20(26-21)25-15-2-7-18(22)19(23)14-15/h2-9,14H,10-13H2,1H3,(H,24,25,26). The molecule has 1 fully saturated rings. The van der Waals surface area contributed by atoms with Crippen molar-refractivity contribution in [2.45, 2.75) is 0 Å². The summed E-state index contributed by atoms with van der Waals surface area (Å²) in [6.45, 7) is 3.24. The molecule has 8 heteroatoms. The topological polar surface area (TPSA) is 53.5 Å². The van der Waals surface area contributed by atoms with Crippen LogP contribution in [0.15, 0.2) is 54.7 Å². The van der Waals surface area contributed by atoms with Gasteiger partial charge in [0.2, 0.25) is 5.95 Å². The van der Waals surface area contributed by atoms with Gasteiger partial charge in [-0.3, -0.25) is 0 Å². The molecule has 0 atom stereocenters. The van der Waals surface area contributed by atoms with Gasteiger partial charge in [-0.25, -0.2) is 13.8 Å². The molecule has 3 aromatic rings. The highest BCUT2D eigenvalue weighted by Crippen LogP contribution is 2.23. The Morgan fingerprint density at radius 2 is 1.62 bits per heavy atom. The first-order valence-electron chi connectivity index (χ1n) is 9.31. The molecule has 0 unspecified atom stereocenters. The predicted molar refractivity (Wildman–Crippen MR) is 109 cm³/mol. The van der Waals surface area contributed by atoms with Gasteiger partial charge in [-0.15, -0.1) is 0 Å². The summed E-state index contributed by atoms with van der Waals surface area (Å²) in [5.74, 6) is 0.185. The van der Waals surface area contributed by atoms with Gasteiger partial charge in [0, 0.05) is 49.8 Å². The minimum absolute atomic E-state index is 0.429. The van der Waals surface area contributed by atoms with Crippen LogP contribution < -0.4 is 19.9 Å². The Morgan fingerprint density at radius 1 is 0.897 bits per heavy atom. The molecule has 0 radical (unpaired) electrons. The van der Waals surface area contributed by atoms with Crippen molar-refractivity contribution in [3.05, 3.63) is 66.4 Å². The summed E-state index contributed by atoms with van der Waals surface area (Å²) in [4.78, 5) is 13.3. The number of nitrogens with zero attached hydrogens (tertiary/aromatic N) is 4. The molecule has 1 aliphatic rings. The molecular weight excluding hydrogens is 376 g/mol. The van der Waals surface area contributed by atoms with Crippen LogP contribution in [-0.2, 0) is 0 Å². The largest absolute Gasteiger partial charge is 0.497 e. The third-order valence-corrected chi connectivity index (χ3v) is 4.83. The number of hydrogen-bond donors (Lipinski definition) is 1. The number of nitrogens with one attached hydrogen (secondary N) is 1. The van der Waals surface area contributed by atoms with Crippen molar-refractivity contribution >= 4 is 23.1 Å². The summed E-state index contributed by atoms with van der Waals surface area (Å²) < 4.78 is 31.7. The maximum atomic E-state index is 13.4. The number of rotatable bonds is 5. The van der Waals surface area contributed by atoms with Crippen LogP contribution >= 0.6 is 0 Å². The Morgan fingerprint density at radius 3 is 2.31 bits per heavy atom.